The fourth-order valence-corrected chi connectivity index (χ4v) is 16.2. The monoisotopic (exact) mass is 418 g/mol. The molecule has 8 heteroatoms. The summed E-state index contributed by atoms with van der Waals surface area (Å²) in [4.78, 5) is 0. The van der Waals surface area contributed by atoms with Gasteiger partial charge in [0.1, 0.15) is 0 Å². The Morgan fingerprint density at radius 2 is 1.00 bits per heavy atom. The molecule has 22 heavy (non-hydrogen) atoms. The Labute approximate surface area is 156 Å². The van der Waals surface area contributed by atoms with Crippen molar-refractivity contribution < 1.29 is 9.47 Å². The lowest BCUT2D eigenvalue weighted by Gasteiger charge is -2.22. The molecule has 0 rings (SSSR count). The summed E-state index contributed by atoms with van der Waals surface area (Å²) >= 11 is 0. The molecule has 0 aliphatic heterocycles. The summed E-state index contributed by atoms with van der Waals surface area (Å²) in [6.07, 6.45) is 0. The van der Waals surface area contributed by atoms with Gasteiger partial charge in [-0.3, -0.25) is 0 Å². The SMILES string of the molecule is CC[SiH](CC)C(CSSSSCC(OC)[SiH](CC)CC)OC. The lowest BCUT2D eigenvalue weighted by atomic mass is 10.8. The highest BCUT2D eigenvalue weighted by molar-refractivity contribution is 9.26. The van der Waals surface area contributed by atoms with Crippen molar-refractivity contribution >= 4 is 58.8 Å². The van der Waals surface area contributed by atoms with Gasteiger partial charge < -0.3 is 9.47 Å². The summed E-state index contributed by atoms with van der Waals surface area (Å²) < 4.78 is 11.4. The Balaban J connectivity index is 3.83. The smallest absolute Gasteiger partial charge is 0.0722 e. The maximum absolute atomic E-state index is 5.71. The summed E-state index contributed by atoms with van der Waals surface area (Å²) in [6, 6.07) is 5.38. The van der Waals surface area contributed by atoms with Crippen molar-refractivity contribution in [2.45, 2.75) is 63.3 Å². The second kappa shape index (κ2) is 16.2. The molecule has 2 nitrogen and oxygen atoms in total. The molecule has 0 saturated carbocycles. The molecule has 0 fully saturated rings. The third-order valence-electron chi connectivity index (χ3n) is 4.34. The summed E-state index contributed by atoms with van der Waals surface area (Å²) in [7, 11) is 10.1. The van der Waals surface area contributed by atoms with Gasteiger partial charge in [0, 0.05) is 25.7 Å². The van der Waals surface area contributed by atoms with E-state index in [-0.39, 0.29) is 0 Å². The topological polar surface area (TPSA) is 18.5 Å². The van der Waals surface area contributed by atoms with Gasteiger partial charge in [0.15, 0.2) is 0 Å². The molecule has 134 valence electrons. The van der Waals surface area contributed by atoms with Gasteiger partial charge >= 0.3 is 0 Å². The van der Waals surface area contributed by atoms with Crippen molar-refractivity contribution in [2.75, 3.05) is 25.7 Å². The Kier molecular flexibility index (Phi) is 17.5. The van der Waals surface area contributed by atoms with Crippen molar-refractivity contribution in [3.8, 4) is 0 Å². The van der Waals surface area contributed by atoms with E-state index in [1.165, 1.54) is 24.2 Å². The van der Waals surface area contributed by atoms with Crippen LogP contribution in [0, 0.1) is 0 Å². The third kappa shape index (κ3) is 9.91. The molecule has 0 aliphatic carbocycles. The molecular weight excluding hydrogens is 385 g/mol. The maximum atomic E-state index is 5.71. The number of methoxy groups -OCH3 is 2. The standard InChI is InChI=1S/C14H34O2S4Si2/c1-7-21(8-2)13(15-5)11-17-19-20-18-12-14(16-6)22(9-3)10-4/h13-14,21-22H,7-12H2,1-6H3. The fourth-order valence-electron chi connectivity index (χ4n) is 2.65. The van der Waals surface area contributed by atoms with Gasteiger partial charge in [0.05, 0.1) is 29.0 Å². The number of rotatable bonds is 15. The number of hydrogen-bond acceptors (Lipinski definition) is 6. The first-order chi connectivity index (χ1) is 10.7. The fraction of sp³-hybridized carbons (Fsp3) is 1.00. The lowest BCUT2D eigenvalue weighted by Crippen LogP contribution is -2.33. The number of ether oxygens (including phenoxy) is 2. The van der Waals surface area contributed by atoms with Crippen LogP contribution < -0.4 is 0 Å². The first kappa shape index (κ1) is 23.8. The molecule has 0 bridgehead atoms. The zero-order valence-electron chi connectivity index (χ0n) is 15.0. The van der Waals surface area contributed by atoms with E-state index in [0.29, 0.717) is 11.5 Å². The predicted octanol–water partition coefficient (Wildman–Crippen LogP) is 5.31. The van der Waals surface area contributed by atoms with Crippen LogP contribution in [-0.2, 0) is 9.47 Å². The highest BCUT2D eigenvalue weighted by atomic mass is 33.7. The van der Waals surface area contributed by atoms with Gasteiger partial charge in [-0.2, -0.15) is 0 Å². The molecular formula is C14H34O2S4Si2. The second-order valence-electron chi connectivity index (χ2n) is 5.41. The average molecular weight is 419 g/mol. The van der Waals surface area contributed by atoms with E-state index >= 15 is 0 Å². The molecule has 0 aliphatic rings. The van der Waals surface area contributed by atoms with E-state index in [1.54, 1.807) is 0 Å². The highest BCUT2D eigenvalue weighted by Crippen LogP contribution is 2.44. The van der Waals surface area contributed by atoms with Gasteiger partial charge in [-0.1, -0.05) is 73.5 Å². The van der Waals surface area contributed by atoms with E-state index in [4.69, 9.17) is 9.47 Å². The van der Waals surface area contributed by atoms with Crippen LogP contribution in [0.5, 0.6) is 0 Å². The van der Waals surface area contributed by atoms with Crippen LogP contribution in [0.3, 0.4) is 0 Å². The van der Waals surface area contributed by atoms with E-state index in [0.717, 1.165) is 11.5 Å². The quantitative estimate of drug-likeness (QED) is 0.202. The van der Waals surface area contributed by atoms with Gasteiger partial charge in [-0.05, 0) is 19.7 Å². The van der Waals surface area contributed by atoms with Crippen LogP contribution in [-0.4, -0.2) is 54.8 Å². The molecule has 0 aromatic rings. The molecule has 2 unspecified atom stereocenters. The van der Waals surface area contributed by atoms with Gasteiger partial charge in [0.2, 0.25) is 0 Å². The van der Waals surface area contributed by atoms with Crippen molar-refractivity contribution in [2.24, 2.45) is 0 Å². The Morgan fingerprint density at radius 3 is 1.23 bits per heavy atom. The summed E-state index contributed by atoms with van der Waals surface area (Å²) in [6.45, 7) is 9.28. The van der Waals surface area contributed by atoms with Crippen LogP contribution >= 0.6 is 41.2 Å². The molecule has 0 N–H and O–H groups in total. The molecule has 0 saturated heterocycles. The third-order valence-corrected chi connectivity index (χ3v) is 18.8. The van der Waals surface area contributed by atoms with E-state index < -0.39 is 17.6 Å². The maximum Gasteiger partial charge on any atom is 0.0722 e. The van der Waals surface area contributed by atoms with E-state index in [1.807, 2.05) is 55.5 Å². The molecule has 0 heterocycles. The van der Waals surface area contributed by atoms with Crippen LogP contribution in [0.1, 0.15) is 27.7 Å². The second-order valence-corrected chi connectivity index (χ2v) is 19.3. The minimum atomic E-state index is -0.696. The van der Waals surface area contributed by atoms with E-state index in [9.17, 15) is 0 Å². The molecule has 0 amide bonds. The minimum Gasteiger partial charge on any atom is -0.384 e. The van der Waals surface area contributed by atoms with Crippen molar-refractivity contribution in [1.29, 1.82) is 0 Å². The number of hydrogen-bond donors (Lipinski definition) is 0. The Morgan fingerprint density at radius 1 is 0.682 bits per heavy atom. The van der Waals surface area contributed by atoms with E-state index in [2.05, 4.69) is 27.7 Å². The van der Waals surface area contributed by atoms with Crippen LogP contribution in [0.4, 0.5) is 0 Å². The zero-order valence-corrected chi connectivity index (χ0v) is 20.6. The minimum absolute atomic E-state index is 0.529. The summed E-state index contributed by atoms with van der Waals surface area (Å²) in [5.41, 5.74) is 1.06. The molecule has 0 radical (unpaired) electrons. The van der Waals surface area contributed by atoms with Gasteiger partial charge in [-0.15, -0.1) is 0 Å². The Hall–Kier alpha value is 1.75. The summed E-state index contributed by atoms with van der Waals surface area (Å²) in [5.74, 6) is 2.28. The van der Waals surface area contributed by atoms with Crippen molar-refractivity contribution in [3.05, 3.63) is 0 Å². The van der Waals surface area contributed by atoms with Crippen molar-refractivity contribution in [3.63, 3.8) is 0 Å². The zero-order chi connectivity index (χ0) is 16.8. The van der Waals surface area contributed by atoms with Gasteiger partial charge in [0.25, 0.3) is 0 Å². The lowest BCUT2D eigenvalue weighted by molar-refractivity contribution is 0.178. The highest BCUT2D eigenvalue weighted by Gasteiger charge is 2.21. The van der Waals surface area contributed by atoms with Crippen molar-refractivity contribution in [1.82, 2.24) is 0 Å². The molecule has 0 aromatic heterocycles. The van der Waals surface area contributed by atoms with Crippen LogP contribution in [0.25, 0.3) is 0 Å². The Bertz CT molecular complexity index is 221. The predicted molar refractivity (Wildman–Crippen MR) is 118 cm³/mol. The van der Waals surface area contributed by atoms with Crippen LogP contribution in [0.2, 0.25) is 24.2 Å². The first-order valence-corrected chi connectivity index (χ1v) is 18.1. The largest absolute Gasteiger partial charge is 0.384 e. The molecule has 0 aromatic carbocycles. The first-order valence-electron chi connectivity index (χ1n) is 8.31. The molecule has 2 atom stereocenters. The van der Waals surface area contributed by atoms with Gasteiger partial charge in [-0.25, -0.2) is 0 Å². The summed E-state index contributed by atoms with van der Waals surface area (Å²) in [5, 5.41) is 0. The van der Waals surface area contributed by atoms with Crippen LogP contribution in [0.15, 0.2) is 0 Å². The normalized spacial score (nSPS) is 14.7. The average Bonchev–Trinajstić information content (AvgIpc) is 2.56. The molecule has 0 spiro atoms.